The molecule has 0 aliphatic heterocycles. The smallest absolute Gasteiger partial charge is 0.134 e. The Balaban J connectivity index is 1.58. The van der Waals surface area contributed by atoms with Crippen LogP contribution in [0.1, 0.15) is 64.7 Å². The van der Waals surface area contributed by atoms with Gasteiger partial charge in [-0.2, -0.15) is 0 Å². The Kier molecular flexibility index (Phi) is 4.95. The van der Waals surface area contributed by atoms with E-state index in [0.717, 1.165) is 24.7 Å². The summed E-state index contributed by atoms with van der Waals surface area (Å²) in [6, 6.07) is 0. The summed E-state index contributed by atoms with van der Waals surface area (Å²) in [7, 11) is 5.74. The van der Waals surface area contributed by atoms with Gasteiger partial charge in [-0.05, 0) is 61.1 Å². The predicted octanol–water partition coefficient (Wildman–Crippen LogP) is 5.27. The van der Waals surface area contributed by atoms with Gasteiger partial charge in [0.25, 0.3) is 0 Å². The molecule has 3 aliphatic rings. The zero-order valence-electron chi connectivity index (χ0n) is 13.3. The zero-order valence-corrected chi connectivity index (χ0v) is 13.3. The Morgan fingerprint density at radius 3 is 1.90 bits per heavy atom. The highest BCUT2D eigenvalue weighted by Crippen LogP contribution is 2.49. The maximum Gasteiger partial charge on any atom is 0.134 e. The molecule has 0 aromatic carbocycles. The fraction of sp³-hybridized carbons (Fsp3) is 1.00. The molecule has 3 saturated carbocycles. The summed E-state index contributed by atoms with van der Waals surface area (Å²) in [5.41, 5.74) is 0. The van der Waals surface area contributed by atoms with Crippen LogP contribution in [0.2, 0.25) is 5.82 Å². The Bertz CT molecular complexity index is 334. The number of hydrogen-bond acceptors (Lipinski definition) is 0. The maximum atomic E-state index is 14.5. The summed E-state index contributed by atoms with van der Waals surface area (Å²) in [6.45, 7) is 2.08. The average Bonchev–Trinajstić information content (AvgIpc) is 3.00. The van der Waals surface area contributed by atoms with E-state index in [1.807, 2.05) is 0 Å². The Hall–Kier alpha value is -0.0751. The molecule has 0 aromatic heterocycles. The maximum absolute atomic E-state index is 14.5. The summed E-state index contributed by atoms with van der Waals surface area (Å²) >= 11 is 0. The third-order valence-corrected chi connectivity index (χ3v) is 6.81. The highest BCUT2D eigenvalue weighted by Gasteiger charge is 2.46. The van der Waals surface area contributed by atoms with Crippen molar-refractivity contribution in [3.63, 3.8) is 0 Å². The molecule has 3 fully saturated rings. The van der Waals surface area contributed by atoms with Crippen LogP contribution in [0.5, 0.6) is 0 Å². The monoisotopic (exact) mass is 294 g/mol. The summed E-state index contributed by atoms with van der Waals surface area (Å²) in [6.07, 6.45) is 8.19. The normalized spacial score (nSPS) is 49.4. The van der Waals surface area contributed by atoms with E-state index in [0.29, 0.717) is 12.3 Å². The SMILES string of the molecule is [B]C1CC(C)C(C2CCC(C3CCCC3)CC2)C(F)C1F. The first-order chi connectivity index (χ1) is 10.1. The lowest BCUT2D eigenvalue weighted by Crippen LogP contribution is -2.44. The van der Waals surface area contributed by atoms with Gasteiger partial charge in [-0.25, -0.2) is 8.78 Å². The van der Waals surface area contributed by atoms with Crippen molar-refractivity contribution >= 4 is 7.85 Å². The van der Waals surface area contributed by atoms with Crippen LogP contribution in [0.15, 0.2) is 0 Å². The molecular weight excluding hydrogens is 265 g/mol. The van der Waals surface area contributed by atoms with Gasteiger partial charge in [0.15, 0.2) is 0 Å². The first-order valence-corrected chi connectivity index (χ1v) is 9.11. The Morgan fingerprint density at radius 2 is 1.29 bits per heavy atom. The van der Waals surface area contributed by atoms with E-state index in [-0.39, 0.29) is 11.8 Å². The largest absolute Gasteiger partial charge is 0.245 e. The molecule has 0 N–H and O–H groups in total. The summed E-state index contributed by atoms with van der Waals surface area (Å²) < 4.78 is 28.4. The first kappa shape index (κ1) is 15.8. The molecule has 0 amide bonds. The first-order valence-electron chi connectivity index (χ1n) is 9.11. The predicted molar refractivity (Wildman–Crippen MR) is 84.0 cm³/mol. The van der Waals surface area contributed by atoms with Gasteiger partial charge in [-0.1, -0.05) is 39.0 Å². The minimum Gasteiger partial charge on any atom is -0.245 e. The molecule has 0 aromatic rings. The lowest BCUT2D eigenvalue weighted by molar-refractivity contribution is -0.0121. The highest BCUT2D eigenvalue weighted by atomic mass is 19.2. The third-order valence-electron chi connectivity index (χ3n) is 6.81. The number of hydrogen-bond donors (Lipinski definition) is 0. The second kappa shape index (κ2) is 6.58. The van der Waals surface area contributed by atoms with Gasteiger partial charge >= 0.3 is 0 Å². The van der Waals surface area contributed by atoms with Gasteiger partial charge in [0.1, 0.15) is 12.3 Å². The summed E-state index contributed by atoms with van der Waals surface area (Å²) in [5.74, 6) is 1.72. The molecule has 3 rings (SSSR count). The van der Waals surface area contributed by atoms with Crippen LogP contribution in [-0.4, -0.2) is 20.2 Å². The zero-order chi connectivity index (χ0) is 15.0. The van der Waals surface area contributed by atoms with Crippen molar-refractivity contribution in [3.05, 3.63) is 0 Å². The van der Waals surface area contributed by atoms with Crippen molar-refractivity contribution < 1.29 is 8.78 Å². The third kappa shape index (κ3) is 3.17. The van der Waals surface area contributed by atoms with Crippen LogP contribution in [0.4, 0.5) is 8.78 Å². The van der Waals surface area contributed by atoms with Gasteiger partial charge in [0.2, 0.25) is 0 Å². The van der Waals surface area contributed by atoms with Crippen molar-refractivity contribution in [3.8, 4) is 0 Å². The van der Waals surface area contributed by atoms with Gasteiger partial charge in [-0.15, -0.1) is 0 Å². The Morgan fingerprint density at radius 1 is 0.762 bits per heavy atom. The highest BCUT2D eigenvalue weighted by molar-refractivity contribution is 6.12. The van der Waals surface area contributed by atoms with E-state index in [4.69, 9.17) is 7.85 Å². The van der Waals surface area contributed by atoms with Gasteiger partial charge < -0.3 is 0 Å². The summed E-state index contributed by atoms with van der Waals surface area (Å²) in [5, 5.41) is 0. The van der Waals surface area contributed by atoms with E-state index in [1.165, 1.54) is 38.5 Å². The summed E-state index contributed by atoms with van der Waals surface area (Å²) in [4.78, 5) is 0. The van der Waals surface area contributed by atoms with E-state index in [9.17, 15) is 8.78 Å². The Labute approximate surface area is 129 Å². The number of alkyl halides is 2. The molecule has 3 aliphatic carbocycles. The average molecular weight is 294 g/mol. The van der Waals surface area contributed by atoms with Crippen LogP contribution in [0.25, 0.3) is 0 Å². The van der Waals surface area contributed by atoms with Crippen molar-refractivity contribution in [1.29, 1.82) is 0 Å². The molecule has 5 unspecified atom stereocenters. The van der Waals surface area contributed by atoms with Crippen molar-refractivity contribution in [1.82, 2.24) is 0 Å². The minimum absolute atomic E-state index is 0.0932. The fourth-order valence-corrected chi connectivity index (χ4v) is 5.63. The van der Waals surface area contributed by atoms with Gasteiger partial charge in [0.05, 0.1) is 7.85 Å². The van der Waals surface area contributed by atoms with Crippen LogP contribution < -0.4 is 0 Å². The second-order valence-corrected chi connectivity index (χ2v) is 8.06. The van der Waals surface area contributed by atoms with Crippen LogP contribution in [-0.2, 0) is 0 Å². The number of rotatable bonds is 2. The molecule has 0 bridgehead atoms. The van der Waals surface area contributed by atoms with Gasteiger partial charge in [0, 0.05) is 0 Å². The molecular formula is C18H29BF2. The topological polar surface area (TPSA) is 0 Å². The van der Waals surface area contributed by atoms with Crippen LogP contribution in [0.3, 0.4) is 0 Å². The molecule has 21 heavy (non-hydrogen) atoms. The number of halogens is 2. The van der Waals surface area contributed by atoms with E-state index >= 15 is 0 Å². The van der Waals surface area contributed by atoms with Crippen molar-refractivity contribution in [2.75, 3.05) is 0 Å². The fourth-order valence-electron chi connectivity index (χ4n) is 5.63. The molecule has 2 radical (unpaired) electrons. The molecule has 0 heterocycles. The van der Waals surface area contributed by atoms with Crippen molar-refractivity contribution in [2.45, 2.75) is 82.9 Å². The van der Waals surface area contributed by atoms with Crippen LogP contribution >= 0.6 is 0 Å². The molecule has 0 nitrogen and oxygen atoms in total. The van der Waals surface area contributed by atoms with E-state index in [2.05, 4.69) is 6.92 Å². The molecule has 5 atom stereocenters. The second-order valence-electron chi connectivity index (χ2n) is 8.06. The van der Waals surface area contributed by atoms with Crippen LogP contribution in [0, 0.1) is 29.6 Å². The lowest BCUT2D eigenvalue weighted by atomic mass is 9.59. The quantitative estimate of drug-likeness (QED) is 0.608. The minimum atomic E-state index is -1.45. The van der Waals surface area contributed by atoms with Gasteiger partial charge in [-0.3, -0.25) is 0 Å². The lowest BCUT2D eigenvalue weighted by Gasteiger charge is -2.45. The molecule has 118 valence electrons. The van der Waals surface area contributed by atoms with E-state index < -0.39 is 18.2 Å². The van der Waals surface area contributed by atoms with E-state index in [1.54, 1.807) is 0 Å². The van der Waals surface area contributed by atoms with Crippen molar-refractivity contribution in [2.24, 2.45) is 29.6 Å². The molecule has 0 saturated heterocycles. The molecule has 3 heteroatoms. The standard InChI is InChI=1S/C18H29BF2/c1-11-10-15(19)17(20)18(21)16(11)14-8-6-13(7-9-14)12-4-2-3-5-12/h11-18H,2-10H2,1H3. The molecule has 0 spiro atoms.